The maximum absolute atomic E-state index is 10.7. The minimum absolute atomic E-state index is 0.0266. The topological polar surface area (TPSA) is 66.8 Å². The Hall–Kier alpha value is -1.81. The molecular weight excluding hydrogens is 220 g/mol. The van der Waals surface area contributed by atoms with E-state index in [1.54, 1.807) is 31.2 Å². The lowest BCUT2D eigenvalue weighted by Gasteiger charge is -2.24. The zero-order valence-corrected chi connectivity index (χ0v) is 9.88. The van der Waals surface area contributed by atoms with Crippen LogP contribution in [0.1, 0.15) is 20.3 Å². The van der Waals surface area contributed by atoms with Crippen LogP contribution in [0, 0.1) is 0 Å². The molecule has 4 heteroatoms. The summed E-state index contributed by atoms with van der Waals surface area (Å²) < 4.78 is 5.41. The van der Waals surface area contributed by atoms with Gasteiger partial charge in [-0.2, -0.15) is 0 Å². The summed E-state index contributed by atoms with van der Waals surface area (Å²) in [7, 11) is 0. The highest BCUT2D eigenvalue weighted by molar-refractivity contribution is 5.80. The third kappa shape index (κ3) is 3.92. The average molecular weight is 236 g/mol. The van der Waals surface area contributed by atoms with Gasteiger partial charge in [-0.3, -0.25) is 0 Å². The first kappa shape index (κ1) is 13.3. The van der Waals surface area contributed by atoms with Gasteiger partial charge in [-0.1, -0.05) is 25.1 Å². The first-order valence-electron chi connectivity index (χ1n) is 5.36. The van der Waals surface area contributed by atoms with E-state index in [2.05, 4.69) is 0 Å². The van der Waals surface area contributed by atoms with Crippen molar-refractivity contribution in [1.82, 2.24) is 0 Å². The molecule has 4 nitrogen and oxygen atoms in total. The molecule has 0 aliphatic heterocycles. The Kier molecular flexibility index (Phi) is 4.29. The summed E-state index contributed by atoms with van der Waals surface area (Å²) in [5.41, 5.74) is -1.30. The molecule has 0 radical (unpaired) electrons. The molecule has 1 aromatic rings. The lowest BCUT2D eigenvalue weighted by atomic mass is 10.0. The molecule has 0 fully saturated rings. The number of benzene rings is 1. The lowest BCUT2D eigenvalue weighted by molar-refractivity contribution is -0.131. The molecule has 1 atom stereocenters. The van der Waals surface area contributed by atoms with Crippen molar-refractivity contribution in [2.45, 2.75) is 25.9 Å². The van der Waals surface area contributed by atoms with Crippen LogP contribution >= 0.6 is 0 Å². The predicted molar refractivity (Wildman–Crippen MR) is 63.7 cm³/mol. The number of aliphatic carboxylic acids is 1. The molecule has 0 bridgehead atoms. The molecular formula is C13H16O4. The van der Waals surface area contributed by atoms with Gasteiger partial charge in [-0.15, -0.1) is 0 Å². The van der Waals surface area contributed by atoms with Crippen molar-refractivity contribution >= 4 is 5.97 Å². The van der Waals surface area contributed by atoms with Crippen LogP contribution in [0.4, 0.5) is 0 Å². The van der Waals surface area contributed by atoms with Crippen LogP contribution in [0.15, 0.2) is 42.2 Å². The molecule has 2 N–H and O–H groups in total. The smallest absolute Gasteiger partial charge is 0.331 e. The summed E-state index contributed by atoms with van der Waals surface area (Å²) >= 11 is 0. The van der Waals surface area contributed by atoms with Gasteiger partial charge in [0.15, 0.2) is 0 Å². The standard InChI is InChI=1S/C13H16O4/c1-3-13(2,16)11(9-12(14)15)17-10-7-5-4-6-8-10/h4-9,16H,3H2,1-2H3,(H,14,15)/b11-9+. The number of carbonyl (C=O) groups is 1. The van der Waals surface area contributed by atoms with Crippen molar-refractivity contribution in [3.63, 3.8) is 0 Å². The van der Waals surface area contributed by atoms with E-state index in [0.29, 0.717) is 12.2 Å². The van der Waals surface area contributed by atoms with E-state index < -0.39 is 11.6 Å². The Bertz CT molecular complexity index is 407. The molecule has 0 saturated heterocycles. The van der Waals surface area contributed by atoms with E-state index >= 15 is 0 Å². The van der Waals surface area contributed by atoms with Gasteiger partial charge in [-0.25, -0.2) is 4.79 Å². The number of carboxylic acid groups (broad SMARTS) is 1. The number of hydrogen-bond donors (Lipinski definition) is 2. The van der Waals surface area contributed by atoms with Crippen LogP contribution in [0.2, 0.25) is 0 Å². The van der Waals surface area contributed by atoms with E-state index in [0.717, 1.165) is 6.08 Å². The van der Waals surface area contributed by atoms with Gasteiger partial charge < -0.3 is 14.9 Å². The van der Waals surface area contributed by atoms with Gasteiger partial charge in [0.2, 0.25) is 0 Å². The van der Waals surface area contributed by atoms with Gasteiger partial charge in [0, 0.05) is 0 Å². The fourth-order valence-corrected chi connectivity index (χ4v) is 1.20. The largest absolute Gasteiger partial charge is 0.478 e. The maximum Gasteiger partial charge on any atom is 0.331 e. The second kappa shape index (κ2) is 5.50. The van der Waals surface area contributed by atoms with E-state index in [1.807, 2.05) is 6.07 Å². The fourth-order valence-electron chi connectivity index (χ4n) is 1.20. The SMILES string of the molecule is CCC(C)(O)/C(=C\C(=O)O)Oc1ccccc1. The Balaban J connectivity index is 2.98. The van der Waals surface area contributed by atoms with Gasteiger partial charge >= 0.3 is 5.97 Å². The zero-order valence-electron chi connectivity index (χ0n) is 9.88. The van der Waals surface area contributed by atoms with E-state index in [-0.39, 0.29) is 5.76 Å². The number of ether oxygens (including phenoxy) is 1. The van der Waals surface area contributed by atoms with Crippen LogP contribution in [-0.2, 0) is 4.79 Å². The van der Waals surface area contributed by atoms with Crippen LogP contribution in [-0.4, -0.2) is 21.8 Å². The first-order chi connectivity index (χ1) is 7.95. The third-order valence-corrected chi connectivity index (χ3v) is 2.44. The summed E-state index contributed by atoms with van der Waals surface area (Å²) in [6, 6.07) is 8.76. The molecule has 0 amide bonds. The van der Waals surface area contributed by atoms with Crippen molar-refractivity contribution < 1.29 is 19.7 Å². The third-order valence-electron chi connectivity index (χ3n) is 2.44. The van der Waals surface area contributed by atoms with E-state index in [1.165, 1.54) is 6.92 Å². The molecule has 0 saturated carbocycles. The summed E-state index contributed by atoms with van der Waals surface area (Å²) in [6.45, 7) is 3.27. The molecule has 0 spiro atoms. The monoisotopic (exact) mass is 236 g/mol. The Morgan fingerprint density at radius 2 is 2.00 bits per heavy atom. The highest BCUT2D eigenvalue weighted by Crippen LogP contribution is 2.24. The second-order valence-electron chi connectivity index (χ2n) is 3.89. The molecule has 17 heavy (non-hydrogen) atoms. The summed E-state index contributed by atoms with van der Waals surface area (Å²) in [5.74, 6) is -0.628. The number of carboxylic acids is 1. The van der Waals surface area contributed by atoms with Crippen molar-refractivity contribution in [1.29, 1.82) is 0 Å². The molecule has 0 aromatic heterocycles. The van der Waals surface area contributed by atoms with Crippen LogP contribution in [0.25, 0.3) is 0 Å². The van der Waals surface area contributed by atoms with Gasteiger partial charge in [-0.05, 0) is 25.5 Å². The Morgan fingerprint density at radius 3 is 2.47 bits per heavy atom. The highest BCUT2D eigenvalue weighted by Gasteiger charge is 2.27. The van der Waals surface area contributed by atoms with Gasteiger partial charge in [0.1, 0.15) is 17.1 Å². The molecule has 92 valence electrons. The molecule has 1 aromatic carbocycles. The molecule has 1 rings (SSSR count). The normalized spacial score (nSPS) is 15.1. The minimum atomic E-state index is -1.30. The van der Waals surface area contributed by atoms with E-state index in [9.17, 15) is 9.90 Å². The number of aliphatic hydroxyl groups is 1. The van der Waals surface area contributed by atoms with Gasteiger partial charge in [0.05, 0.1) is 6.08 Å². The minimum Gasteiger partial charge on any atom is -0.478 e. The van der Waals surface area contributed by atoms with Gasteiger partial charge in [0.25, 0.3) is 0 Å². The predicted octanol–water partition coefficient (Wildman–Crippen LogP) is 2.19. The average Bonchev–Trinajstić information content (AvgIpc) is 2.29. The summed E-state index contributed by atoms with van der Waals surface area (Å²) in [4.78, 5) is 10.7. The van der Waals surface area contributed by atoms with Crippen LogP contribution < -0.4 is 4.74 Å². The number of rotatable bonds is 5. The fraction of sp³-hybridized carbons (Fsp3) is 0.308. The van der Waals surface area contributed by atoms with Crippen LogP contribution in [0.5, 0.6) is 5.75 Å². The first-order valence-corrected chi connectivity index (χ1v) is 5.36. The van der Waals surface area contributed by atoms with Crippen LogP contribution in [0.3, 0.4) is 0 Å². The van der Waals surface area contributed by atoms with Crippen molar-refractivity contribution in [3.8, 4) is 5.75 Å². The van der Waals surface area contributed by atoms with Crippen molar-refractivity contribution in [2.75, 3.05) is 0 Å². The molecule has 1 unspecified atom stereocenters. The second-order valence-corrected chi connectivity index (χ2v) is 3.89. The zero-order chi connectivity index (χ0) is 12.9. The summed E-state index contributed by atoms with van der Waals surface area (Å²) in [6.07, 6.45) is 1.25. The quantitative estimate of drug-likeness (QED) is 0.607. The molecule has 0 aliphatic rings. The Morgan fingerprint density at radius 1 is 1.41 bits per heavy atom. The lowest BCUT2D eigenvalue weighted by Crippen LogP contribution is -2.29. The number of hydrogen-bond acceptors (Lipinski definition) is 3. The van der Waals surface area contributed by atoms with Crippen molar-refractivity contribution in [2.24, 2.45) is 0 Å². The van der Waals surface area contributed by atoms with E-state index in [4.69, 9.17) is 9.84 Å². The molecule has 0 aliphatic carbocycles. The van der Waals surface area contributed by atoms with Crippen molar-refractivity contribution in [3.05, 3.63) is 42.2 Å². The highest BCUT2D eigenvalue weighted by atomic mass is 16.5. The Labute approximate surface area is 100 Å². The summed E-state index contributed by atoms with van der Waals surface area (Å²) in [5, 5.41) is 18.8. The number of para-hydroxylation sites is 1. The molecule has 0 heterocycles. The maximum atomic E-state index is 10.7.